The van der Waals surface area contributed by atoms with E-state index >= 15 is 0 Å². The van der Waals surface area contributed by atoms with Crippen LogP contribution >= 0.6 is 11.8 Å². The zero-order chi connectivity index (χ0) is 18.4. The maximum Gasteiger partial charge on any atom is 0.232 e. The highest BCUT2D eigenvalue weighted by Gasteiger charge is 2.15. The van der Waals surface area contributed by atoms with E-state index in [9.17, 15) is 4.79 Å². The largest absolute Gasteiger partial charge is 0.326 e. The second-order valence-electron chi connectivity index (χ2n) is 6.01. The zero-order valence-electron chi connectivity index (χ0n) is 15.0. The van der Waals surface area contributed by atoms with Gasteiger partial charge in [-0.05, 0) is 31.5 Å². The first kappa shape index (κ1) is 18.2. The molecular formula is C20H22N4OS. The number of aromatic nitrogens is 3. The van der Waals surface area contributed by atoms with Gasteiger partial charge in [-0.2, -0.15) is 0 Å². The minimum absolute atomic E-state index is 0.0893. The van der Waals surface area contributed by atoms with Crippen LogP contribution in [-0.4, -0.2) is 20.7 Å². The Morgan fingerprint density at radius 1 is 1.12 bits per heavy atom. The number of hydrogen-bond donors (Lipinski definition) is 1. The van der Waals surface area contributed by atoms with Crippen LogP contribution in [0.15, 0.2) is 59.8 Å². The van der Waals surface area contributed by atoms with Gasteiger partial charge >= 0.3 is 0 Å². The van der Waals surface area contributed by atoms with Crippen LogP contribution in [0.3, 0.4) is 0 Å². The van der Waals surface area contributed by atoms with Crippen molar-refractivity contribution in [3.8, 4) is 0 Å². The zero-order valence-corrected chi connectivity index (χ0v) is 15.8. The van der Waals surface area contributed by atoms with Gasteiger partial charge in [0, 0.05) is 18.0 Å². The molecule has 1 amide bonds. The molecule has 0 saturated carbocycles. The normalized spacial score (nSPS) is 10.7. The summed E-state index contributed by atoms with van der Waals surface area (Å²) in [7, 11) is 0. The third-order valence-electron chi connectivity index (χ3n) is 3.94. The third-order valence-corrected chi connectivity index (χ3v) is 4.97. The molecule has 6 heteroatoms. The first-order valence-corrected chi connectivity index (χ1v) is 9.59. The Kier molecular flexibility index (Phi) is 6.07. The molecule has 0 unspecified atom stereocenters. The Labute approximate surface area is 157 Å². The number of hydrogen-bond acceptors (Lipinski definition) is 4. The highest BCUT2D eigenvalue weighted by Crippen LogP contribution is 2.22. The number of nitrogens with one attached hydrogen (secondary N) is 1. The van der Waals surface area contributed by atoms with Crippen molar-refractivity contribution in [1.29, 1.82) is 0 Å². The Hall–Kier alpha value is -2.60. The van der Waals surface area contributed by atoms with Gasteiger partial charge < -0.3 is 9.88 Å². The number of thioether (sulfide) groups is 1. The third kappa shape index (κ3) is 4.73. The summed E-state index contributed by atoms with van der Waals surface area (Å²) in [6.07, 6.45) is 0.209. The predicted octanol–water partition coefficient (Wildman–Crippen LogP) is 4.08. The Morgan fingerprint density at radius 3 is 2.65 bits per heavy atom. The van der Waals surface area contributed by atoms with Crippen molar-refractivity contribution >= 4 is 23.4 Å². The van der Waals surface area contributed by atoms with Gasteiger partial charge in [0.05, 0.1) is 6.42 Å². The van der Waals surface area contributed by atoms with E-state index in [2.05, 4.69) is 46.7 Å². The SMILES string of the molecule is CCn1c(CC(=O)Nc2ccccc2)nnc1SCc1cccc(C)c1. The summed E-state index contributed by atoms with van der Waals surface area (Å²) in [6.45, 7) is 4.86. The van der Waals surface area contributed by atoms with Crippen LogP contribution in [0.2, 0.25) is 0 Å². The van der Waals surface area contributed by atoms with Crippen LogP contribution in [0.1, 0.15) is 23.9 Å². The molecule has 1 heterocycles. The van der Waals surface area contributed by atoms with E-state index in [0.717, 1.165) is 23.1 Å². The molecular weight excluding hydrogens is 344 g/mol. The van der Waals surface area contributed by atoms with Gasteiger partial charge in [0.25, 0.3) is 0 Å². The van der Waals surface area contributed by atoms with Crippen LogP contribution in [0.4, 0.5) is 5.69 Å². The summed E-state index contributed by atoms with van der Waals surface area (Å²) in [5.41, 5.74) is 3.29. The van der Waals surface area contributed by atoms with E-state index in [1.165, 1.54) is 11.1 Å². The predicted molar refractivity (Wildman–Crippen MR) is 105 cm³/mol. The van der Waals surface area contributed by atoms with Gasteiger partial charge in [-0.3, -0.25) is 4.79 Å². The summed E-state index contributed by atoms with van der Waals surface area (Å²) in [5.74, 6) is 1.43. The molecule has 5 nitrogen and oxygen atoms in total. The minimum Gasteiger partial charge on any atom is -0.326 e. The minimum atomic E-state index is -0.0893. The molecule has 0 spiro atoms. The number of aryl methyl sites for hydroxylation is 1. The van der Waals surface area contributed by atoms with Crippen LogP contribution in [0.5, 0.6) is 0 Å². The van der Waals surface area contributed by atoms with Crippen molar-refractivity contribution in [1.82, 2.24) is 14.8 Å². The second-order valence-corrected chi connectivity index (χ2v) is 6.95. The maximum absolute atomic E-state index is 12.3. The van der Waals surface area contributed by atoms with Gasteiger partial charge in [-0.15, -0.1) is 10.2 Å². The van der Waals surface area contributed by atoms with Crippen LogP contribution in [-0.2, 0) is 23.5 Å². The van der Waals surface area contributed by atoms with E-state index in [1.807, 2.05) is 41.8 Å². The van der Waals surface area contributed by atoms with Crippen LogP contribution in [0, 0.1) is 6.92 Å². The Bertz CT molecular complexity index is 877. The summed E-state index contributed by atoms with van der Waals surface area (Å²) >= 11 is 1.64. The first-order chi connectivity index (χ1) is 12.7. The van der Waals surface area contributed by atoms with Gasteiger partial charge in [0.15, 0.2) is 5.16 Å². The number of carbonyl (C=O) groups excluding carboxylic acids is 1. The maximum atomic E-state index is 12.3. The van der Waals surface area contributed by atoms with Crippen molar-refractivity contribution < 1.29 is 4.79 Å². The summed E-state index contributed by atoms with van der Waals surface area (Å²) < 4.78 is 2.00. The molecule has 3 aromatic rings. The smallest absolute Gasteiger partial charge is 0.232 e. The van der Waals surface area contributed by atoms with Gasteiger partial charge in [-0.25, -0.2) is 0 Å². The molecule has 0 aliphatic heterocycles. The van der Waals surface area contributed by atoms with E-state index in [0.29, 0.717) is 5.82 Å². The molecule has 26 heavy (non-hydrogen) atoms. The lowest BCUT2D eigenvalue weighted by molar-refractivity contribution is -0.115. The van der Waals surface area contributed by atoms with Crippen LogP contribution < -0.4 is 5.32 Å². The Balaban J connectivity index is 1.64. The molecule has 1 N–H and O–H groups in total. The fourth-order valence-corrected chi connectivity index (χ4v) is 3.66. The van der Waals surface area contributed by atoms with Crippen LogP contribution in [0.25, 0.3) is 0 Å². The molecule has 2 aromatic carbocycles. The van der Waals surface area contributed by atoms with Gasteiger partial charge in [0.2, 0.25) is 5.91 Å². The lowest BCUT2D eigenvalue weighted by atomic mass is 10.2. The fraction of sp³-hybridized carbons (Fsp3) is 0.250. The summed E-state index contributed by atoms with van der Waals surface area (Å²) in [4.78, 5) is 12.3. The lowest BCUT2D eigenvalue weighted by Gasteiger charge is -2.08. The number of benzene rings is 2. The number of anilines is 1. The van der Waals surface area contributed by atoms with Crippen molar-refractivity contribution in [3.63, 3.8) is 0 Å². The molecule has 0 radical (unpaired) electrons. The quantitative estimate of drug-likeness (QED) is 0.640. The molecule has 0 atom stereocenters. The number of para-hydroxylation sites is 1. The van der Waals surface area contributed by atoms with E-state index in [1.54, 1.807) is 11.8 Å². The summed E-state index contributed by atoms with van der Waals surface area (Å²) in [6, 6.07) is 17.9. The molecule has 0 saturated heterocycles. The second kappa shape index (κ2) is 8.67. The molecule has 134 valence electrons. The molecule has 0 aliphatic carbocycles. The molecule has 0 aliphatic rings. The molecule has 0 bridgehead atoms. The Morgan fingerprint density at radius 2 is 1.92 bits per heavy atom. The lowest BCUT2D eigenvalue weighted by Crippen LogP contribution is -2.17. The number of nitrogens with zero attached hydrogens (tertiary/aromatic N) is 3. The van der Waals surface area contributed by atoms with E-state index < -0.39 is 0 Å². The van der Waals surface area contributed by atoms with Crippen molar-refractivity contribution in [2.24, 2.45) is 0 Å². The van der Waals surface area contributed by atoms with Gasteiger partial charge in [0.1, 0.15) is 5.82 Å². The molecule has 0 fully saturated rings. The highest BCUT2D eigenvalue weighted by molar-refractivity contribution is 7.98. The molecule has 3 rings (SSSR count). The highest BCUT2D eigenvalue weighted by atomic mass is 32.2. The van der Waals surface area contributed by atoms with Gasteiger partial charge in [-0.1, -0.05) is 59.8 Å². The number of amides is 1. The number of rotatable bonds is 7. The van der Waals surface area contributed by atoms with E-state index in [-0.39, 0.29) is 12.3 Å². The van der Waals surface area contributed by atoms with Crippen molar-refractivity contribution in [3.05, 3.63) is 71.5 Å². The van der Waals surface area contributed by atoms with E-state index in [4.69, 9.17) is 0 Å². The summed E-state index contributed by atoms with van der Waals surface area (Å²) in [5, 5.41) is 12.2. The van der Waals surface area contributed by atoms with Crippen molar-refractivity contribution in [2.45, 2.75) is 37.7 Å². The molecule has 1 aromatic heterocycles. The topological polar surface area (TPSA) is 59.8 Å². The number of carbonyl (C=O) groups is 1. The monoisotopic (exact) mass is 366 g/mol. The average molecular weight is 366 g/mol. The average Bonchev–Trinajstić information content (AvgIpc) is 3.02. The van der Waals surface area contributed by atoms with Crippen molar-refractivity contribution in [2.75, 3.05) is 5.32 Å². The standard InChI is InChI=1S/C20H22N4OS/c1-3-24-18(13-19(25)21-17-10-5-4-6-11-17)22-23-20(24)26-14-16-9-7-8-15(2)12-16/h4-12H,3,13-14H2,1-2H3,(H,21,25). The first-order valence-electron chi connectivity index (χ1n) is 8.61. The fourth-order valence-electron chi connectivity index (χ4n) is 2.69.